The summed E-state index contributed by atoms with van der Waals surface area (Å²) in [6.07, 6.45) is 8.37. The smallest absolute Gasteiger partial charge is 0.267 e. The summed E-state index contributed by atoms with van der Waals surface area (Å²) in [4.78, 5) is 13.4. The first-order valence-corrected chi connectivity index (χ1v) is 11.1. The van der Waals surface area contributed by atoms with Gasteiger partial charge in [0.1, 0.15) is 5.82 Å². The van der Waals surface area contributed by atoms with Crippen LogP contribution in [0.5, 0.6) is 0 Å². The molecule has 1 atom stereocenters. The van der Waals surface area contributed by atoms with Gasteiger partial charge in [0.15, 0.2) is 0 Å². The van der Waals surface area contributed by atoms with Gasteiger partial charge in [-0.3, -0.25) is 4.79 Å². The maximum Gasteiger partial charge on any atom is 0.275 e. The van der Waals surface area contributed by atoms with Gasteiger partial charge < -0.3 is 0 Å². The molecule has 1 aliphatic rings. The van der Waals surface area contributed by atoms with E-state index >= 15 is 0 Å². The van der Waals surface area contributed by atoms with Crippen LogP contribution in [-0.2, 0) is 10.0 Å². The Morgan fingerprint density at radius 3 is 2.30 bits per heavy atom. The van der Waals surface area contributed by atoms with Gasteiger partial charge in [-0.1, -0.05) is 36.4 Å². The normalized spacial score (nSPS) is 16.5. The molecule has 2 aromatic carbocycles. The quantitative estimate of drug-likeness (QED) is 0.646. The lowest BCUT2D eigenvalue weighted by Gasteiger charge is -2.20. The number of hydrogen-bond acceptors (Lipinski definition) is 4. The molecule has 30 heavy (non-hydrogen) atoms. The summed E-state index contributed by atoms with van der Waals surface area (Å²) in [5.41, 5.74) is 1.79. The number of aromatic nitrogens is 2. The minimum Gasteiger partial charge on any atom is -0.267 e. The summed E-state index contributed by atoms with van der Waals surface area (Å²) in [6.45, 7) is 0. The van der Waals surface area contributed by atoms with E-state index in [1.807, 2.05) is 12.2 Å². The number of primary sulfonamides is 1. The van der Waals surface area contributed by atoms with Gasteiger partial charge in [-0.25, -0.2) is 22.6 Å². The minimum atomic E-state index is -3.83. The molecule has 2 N–H and O–H groups in total. The molecule has 0 bridgehead atoms. The van der Waals surface area contributed by atoms with Gasteiger partial charge in [0.05, 0.1) is 22.7 Å². The molecule has 0 spiro atoms. The van der Waals surface area contributed by atoms with E-state index in [0.29, 0.717) is 22.3 Å². The highest BCUT2D eigenvalue weighted by molar-refractivity contribution is 7.89. The number of rotatable bonds is 4. The number of nitrogens with zero attached hydrogens (tertiary/aromatic N) is 2. The predicted molar refractivity (Wildman–Crippen MR) is 113 cm³/mol. The summed E-state index contributed by atoms with van der Waals surface area (Å²) < 4.78 is 38.0. The Bertz CT molecular complexity index is 1260. The number of nitrogens with two attached hydrogens (primary N) is 1. The second kappa shape index (κ2) is 7.97. The maximum absolute atomic E-state index is 13.5. The summed E-state index contributed by atoms with van der Waals surface area (Å²) in [7, 11) is -3.83. The van der Waals surface area contributed by atoms with Crippen LogP contribution >= 0.6 is 0 Å². The van der Waals surface area contributed by atoms with E-state index in [2.05, 4.69) is 5.10 Å². The third-order valence-electron chi connectivity index (χ3n) is 5.17. The van der Waals surface area contributed by atoms with Gasteiger partial charge >= 0.3 is 0 Å². The zero-order valence-corrected chi connectivity index (χ0v) is 16.8. The van der Waals surface area contributed by atoms with Crippen LogP contribution in [0.4, 0.5) is 4.39 Å². The summed E-state index contributed by atoms with van der Waals surface area (Å²) in [5, 5.41) is 9.56. The largest absolute Gasteiger partial charge is 0.275 e. The highest BCUT2D eigenvalue weighted by Crippen LogP contribution is 2.31. The number of allylic oxidation sites excluding steroid dienone is 2. The minimum absolute atomic E-state index is 0.0248. The Morgan fingerprint density at radius 2 is 1.70 bits per heavy atom. The van der Waals surface area contributed by atoms with Crippen LogP contribution in [0, 0.1) is 5.82 Å². The molecule has 0 saturated carbocycles. The molecular formula is C22H20FN3O3S. The van der Waals surface area contributed by atoms with E-state index in [0.717, 1.165) is 19.3 Å². The third-order valence-corrected chi connectivity index (χ3v) is 6.10. The molecule has 3 aromatic rings. The average molecular weight is 425 g/mol. The fourth-order valence-corrected chi connectivity index (χ4v) is 4.16. The van der Waals surface area contributed by atoms with Crippen molar-refractivity contribution in [3.05, 3.63) is 83.1 Å². The van der Waals surface area contributed by atoms with E-state index < -0.39 is 15.8 Å². The highest BCUT2D eigenvalue weighted by atomic mass is 32.2. The monoisotopic (exact) mass is 425 g/mol. The standard InChI is InChI=1S/C22H20FN3O3S/c23-17-10-6-16(7-11-17)21-20(15-8-12-19(13-9-15)30(24,28)29)14-25-26(22(21)27)18-4-2-1-3-5-18/h2,4,6-14,18H,1,3,5H2,(H2,24,28,29). The van der Waals surface area contributed by atoms with Crippen molar-refractivity contribution < 1.29 is 12.8 Å². The van der Waals surface area contributed by atoms with E-state index in [-0.39, 0.29) is 16.5 Å². The lowest BCUT2D eigenvalue weighted by Crippen LogP contribution is -2.29. The number of sulfonamides is 1. The lowest BCUT2D eigenvalue weighted by atomic mass is 9.96. The van der Waals surface area contributed by atoms with Gasteiger partial charge in [-0.15, -0.1) is 0 Å². The van der Waals surface area contributed by atoms with Crippen molar-refractivity contribution in [1.29, 1.82) is 0 Å². The van der Waals surface area contributed by atoms with E-state index in [9.17, 15) is 17.6 Å². The van der Waals surface area contributed by atoms with Crippen LogP contribution in [0.3, 0.4) is 0 Å². The Morgan fingerprint density at radius 1 is 1.03 bits per heavy atom. The maximum atomic E-state index is 13.5. The molecule has 154 valence electrons. The van der Waals surface area contributed by atoms with Gasteiger partial charge in [-0.2, -0.15) is 5.10 Å². The number of halogens is 1. The third kappa shape index (κ3) is 3.96. The zero-order valence-electron chi connectivity index (χ0n) is 16.0. The molecular weight excluding hydrogens is 405 g/mol. The van der Waals surface area contributed by atoms with Crippen molar-refractivity contribution in [2.24, 2.45) is 5.14 Å². The van der Waals surface area contributed by atoms with Crippen molar-refractivity contribution in [1.82, 2.24) is 9.78 Å². The summed E-state index contributed by atoms with van der Waals surface area (Å²) in [6, 6.07) is 11.5. The fourth-order valence-electron chi connectivity index (χ4n) is 3.64. The molecule has 1 heterocycles. The second-order valence-corrected chi connectivity index (χ2v) is 8.75. The SMILES string of the molecule is NS(=O)(=O)c1ccc(-c2cnn(C3C=CCCC3)c(=O)c2-c2ccc(F)cc2)cc1. The predicted octanol–water partition coefficient (Wildman–Crippen LogP) is 3.65. The molecule has 0 amide bonds. The number of benzene rings is 2. The molecule has 0 fully saturated rings. The number of hydrogen-bond donors (Lipinski definition) is 1. The van der Waals surface area contributed by atoms with Crippen molar-refractivity contribution in [3.63, 3.8) is 0 Å². The van der Waals surface area contributed by atoms with Crippen molar-refractivity contribution in [2.75, 3.05) is 0 Å². The Hall–Kier alpha value is -3.10. The average Bonchev–Trinajstić information content (AvgIpc) is 2.74. The molecule has 0 aliphatic heterocycles. The Labute approximate surface area is 173 Å². The fraction of sp³-hybridized carbons (Fsp3) is 0.182. The van der Waals surface area contributed by atoms with E-state index in [4.69, 9.17) is 5.14 Å². The molecule has 1 aliphatic carbocycles. The zero-order chi connectivity index (χ0) is 21.3. The highest BCUT2D eigenvalue weighted by Gasteiger charge is 2.20. The molecule has 8 heteroatoms. The van der Waals surface area contributed by atoms with Crippen LogP contribution in [0.25, 0.3) is 22.3 Å². The first kappa shape index (κ1) is 20.2. The van der Waals surface area contributed by atoms with Gasteiger partial charge in [0.25, 0.3) is 5.56 Å². The van der Waals surface area contributed by atoms with Crippen molar-refractivity contribution in [2.45, 2.75) is 30.2 Å². The van der Waals surface area contributed by atoms with Gasteiger partial charge in [0.2, 0.25) is 10.0 Å². The van der Waals surface area contributed by atoms with Crippen molar-refractivity contribution in [3.8, 4) is 22.3 Å². The molecule has 0 radical (unpaired) electrons. The molecule has 1 unspecified atom stereocenters. The van der Waals surface area contributed by atoms with E-state index in [1.54, 1.807) is 30.5 Å². The molecule has 1 aromatic heterocycles. The van der Waals surface area contributed by atoms with Crippen LogP contribution < -0.4 is 10.7 Å². The molecule has 4 rings (SSSR count). The van der Waals surface area contributed by atoms with Gasteiger partial charge in [0, 0.05) is 5.56 Å². The first-order chi connectivity index (χ1) is 14.3. The van der Waals surface area contributed by atoms with Crippen LogP contribution in [0.2, 0.25) is 0 Å². The topological polar surface area (TPSA) is 95.1 Å². The molecule has 0 saturated heterocycles. The second-order valence-electron chi connectivity index (χ2n) is 7.19. The van der Waals surface area contributed by atoms with Crippen LogP contribution in [0.15, 0.2) is 76.6 Å². The Kier molecular flexibility index (Phi) is 5.36. The lowest BCUT2D eigenvalue weighted by molar-refractivity contribution is 0.455. The van der Waals surface area contributed by atoms with E-state index in [1.165, 1.54) is 28.9 Å². The first-order valence-electron chi connectivity index (χ1n) is 9.52. The summed E-state index contributed by atoms with van der Waals surface area (Å²) in [5.74, 6) is -0.401. The Balaban J connectivity index is 1.91. The van der Waals surface area contributed by atoms with Crippen molar-refractivity contribution >= 4 is 10.0 Å². The van der Waals surface area contributed by atoms with Gasteiger partial charge in [-0.05, 0) is 54.7 Å². The summed E-state index contributed by atoms with van der Waals surface area (Å²) >= 11 is 0. The van der Waals surface area contributed by atoms with Crippen LogP contribution in [-0.4, -0.2) is 18.2 Å². The van der Waals surface area contributed by atoms with Crippen LogP contribution in [0.1, 0.15) is 25.3 Å². The molecule has 6 nitrogen and oxygen atoms in total.